The van der Waals surface area contributed by atoms with Crippen molar-refractivity contribution in [1.82, 2.24) is 14.5 Å². The first-order valence-electron chi connectivity index (χ1n) is 7.75. The van der Waals surface area contributed by atoms with Gasteiger partial charge in [0.2, 0.25) is 0 Å². The Morgan fingerprint density at radius 1 is 1.38 bits per heavy atom. The second kappa shape index (κ2) is 7.00. The second-order valence-electron chi connectivity index (χ2n) is 5.63. The van der Waals surface area contributed by atoms with E-state index in [-0.39, 0.29) is 0 Å². The Hall–Kier alpha value is -1.46. The number of hydrogen-bond donors (Lipinski definition) is 0. The SMILES string of the molecule is COCCCn1c(CC2CCOCC2)nc2cccnc21. The highest BCUT2D eigenvalue weighted by Gasteiger charge is 2.19. The summed E-state index contributed by atoms with van der Waals surface area (Å²) in [6, 6.07) is 4.00. The molecule has 0 amide bonds. The fourth-order valence-electron chi connectivity index (χ4n) is 2.97. The molecule has 0 spiro atoms. The molecule has 5 heteroatoms. The van der Waals surface area contributed by atoms with Crippen molar-refractivity contribution < 1.29 is 9.47 Å². The van der Waals surface area contributed by atoms with Crippen LogP contribution in [0.3, 0.4) is 0 Å². The van der Waals surface area contributed by atoms with Gasteiger partial charge in [0.15, 0.2) is 5.65 Å². The lowest BCUT2D eigenvalue weighted by molar-refractivity contribution is 0.0657. The van der Waals surface area contributed by atoms with Gasteiger partial charge in [0, 0.05) is 46.1 Å². The number of aryl methyl sites for hydroxylation is 1. The van der Waals surface area contributed by atoms with Crippen LogP contribution >= 0.6 is 0 Å². The highest BCUT2D eigenvalue weighted by Crippen LogP contribution is 2.22. The molecule has 0 aromatic carbocycles. The van der Waals surface area contributed by atoms with Gasteiger partial charge in [0.05, 0.1) is 0 Å². The number of fused-ring (bicyclic) bond motifs is 1. The first-order valence-corrected chi connectivity index (χ1v) is 7.75. The van der Waals surface area contributed by atoms with Gasteiger partial charge in [0.1, 0.15) is 11.3 Å². The van der Waals surface area contributed by atoms with Crippen molar-refractivity contribution >= 4 is 11.2 Å². The molecule has 0 bridgehead atoms. The van der Waals surface area contributed by atoms with Gasteiger partial charge in [-0.15, -0.1) is 0 Å². The summed E-state index contributed by atoms with van der Waals surface area (Å²) in [6.45, 7) is 3.45. The zero-order valence-electron chi connectivity index (χ0n) is 12.6. The van der Waals surface area contributed by atoms with Gasteiger partial charge in [-0.05, 0) is 37.3 Å². The minimum Gasteiger partial charge on any atom is -0.385 e. The van der Waals surface area contributed by atoms with E-state index in [2.05, 4.69) is 9.55 Å². The van der Waals surface area contributed by atoms with Crippen molar-refractivity contribution in [3.05, 3.63) is 24.2 Å². The van der Waals surface area contributed by atoms with E-state index in [9.17, 15) is 0 Å². The van der Waals surface area contributed by atoms with Gasteiger partial charge < -0.3 is 14.0 Å². The summed E-state index contributed by atoms with van der Waals surface area (Å²) < 4.78 is 12.9. The molecule has 1 aliphatic heterocycles. The van der Waals surface area contributed by atoms with Crippen LogP contribution < -0.4 is 0 Å². The molecule has 1 fully saturated rings. The standard InChI is InChI=1S/C16H23N3O2/c1-20-9-3-8-19-15(12-13-5-10-21-11-6-13)18-14-4-2-7-17-16(14)19/h2,4,7,13H,3,5-6,8-12H2,1H3. The molecule has 114 valence electrons. The van der Waals surface area contributed by atoms with Crippen molar-refractivity contribution in [2.45, 2.75) is 32.2 Å². The van der Waals surface area contributed by atoms with Gasteiger partial charge in [0.25, 0.3) is 0 Å². The average molecular weight is 289 g/mol. The first kappa shape index (κ1) is 14.5. The number of hydrogen-bond acceptors (Lipinski definition) is 4. The Bertz CT molecular complexity index is 576. The summed E-state index contributed by atoms with van der Waals surface area (Å²) in [5, 5.41) is 0. The van der Waals surface area contributed by atoms with Crippen molar-refractivity contribution in [3.8, 4) is 0 Å². The molecule has 1 aliphatic rings. The van der Waals surface area contributed by atoms with E-state index >= 15 is 0 Å². The molecule has 0 atom stereocenters. The fourth-order valence-corrected chi connectivity index (χ4v) is 2.97. The Morgan fingerprint density at radius 2 is 2.24 bits per heavy atom. The van der Waals surface area contributed by atoms with Crippen molar-refractivity contribution in [2.24, 2.45) is 5.92 Å². The second-order valence-corrected chi connectivity index (χ2v) is 5.63. The van der Waals surface area contributed by atoms with Crippen molar-refractivity contribution in [2.75, 3.05) is 26.9 Å². The lowest BCUT2D eigenvalue weighted by Gasteiger charge is -2.22. The number of aromatic nitrogens is 3. The third kappa shape index (κ3) is 3.41. The summed E-state index contributed by atoms with van der Waals surface area (Å²) in [4.78, 5) is 9.31. The molecular formula is C16H23N3O2. The summed E-state index contributed by atoms with van der Waals surface area (Å²) in [6.07, 6.45) is 6.12. The summed E-state index contributed by atoms with van der Waals surface area (Å²) in [5.74, 6) is 1.84. The van der Waals surface area contributed by atoms with E-state index in [4.69, 9.17) is 14.5 Å². The maximum absolute atomic E-state index is 5.45. The molecule has 0 radical (unpaired) electrons. The first-order chi connectivity index (χ1) is 10.4. The molecule has 3 rings (SSSR count). The third-order valence-electron chi connectivity index (χ3n) is 4.13. The number of ether oxygens (including phenoxy) is 2. The molecule has 5 nitrogen and oxygen atoms in total. The highest BCUT2D eigenvalue weighted by molar-refractivity contribution is 5.71. The van der Waals surface area contributed by atoms with Gasteiger partial charge in [-0.25, -0.2) is 9.97 Å². The van der Waals surface area contributed by atoms with E-state index in [1.165, 1.54) is 0 Å². The van der Waals surface area contributed by atoms with Crippen LogP contribution in [-0.2, 0) is 22.4 Å². The average Bonchev–Trinajstić information content (AvgIpc) is 2.86. The molecule has 21 heavy (non-hydrogen) atoms. The van der Waals surface area contributed by atoms with E-state index in [1.807, 2.05) is 18.3 Å². The molecule has 0 N–H and O–H groups in total. The smallest absolute Gasteiger partial charge is 0.159 e. The summed E-state index contributed by atoms with van der Waals surface area (Å²) >= 11 is 0. The largest absolute Gasteiger partial charge is 0.385 e. The molecule has 2 aromatic rings. The van der Waals surface area contributed by atoms with Crippen LogP contribution in [0.15, 0.2) is 18.3 Å². The molecule has 3 heterocycles. The normalized spacial score (nSPS) is 16.6. The van der Waals surface area contributed by atoms with Crippen LogP contribution in [-0.4, -0.2) is 41.5 Å². The summed E-state index contributed by atoms with van der Waals surface area (Å²) in [5.41, 5.74) is 1.99. The van der Waals surface area contributed by atoms with Crippen molar-refractivity contribution in [1.29, 1.82) is 0 Å². The van der Waals surface area contributed by atoms with Crippen LogP contribution in [0.25, 0.3) is 11.2 Å². The Kier molecular flexibility index (Phi) is 4.83. The molecular weight excluding hydrogens is 266 g/mol. The van der Waals surface area contributed by atoms with Crippen LogP contribution in [0.1, 0.15) is 25.1 Å². The predicted molar refractivity (Wildman–Crippen MR) is 81.3 cm³/mol. The minimum atomic E-state index is 0.678. The molecule has 0 saturated carbocycles. The number of rotatable bonds is 6. The van der Waals surface area contributed by atoms with Crippen molar-refractivity contribution in [3.63, 3.8) is 0 Å². The number of nitrogens with zero attached hydrogens (tertiary/aromatic N) is 3. The fraction of sp³-hybridized carbons (Fsp3) is 0.625. The zero-order valence-corrected chi connectivity index (χ0v) is 12.6. The summed E-state index contributed by atoms with van der Waals surface area (Å²) in [7, 11) is 1.74. The number of pyridine rings is 1. The Morgan fingerprint density at radius 3 is 3.05 bits per heavy atom. The van der Waals surface area contributed by atoms with E-state index in [0.717, 1.165) is 69.0 Å². The third-order valence-corrected chi connectivity index (χ3v) is 4.13. The quantitative estimate of drug-likeness (QED) is 0.766. The van der Waals surface area contributed by atoms with Gasteiger partial charge in [-0.3, -0.25) is 0 Å². The number of methoxy groups -OCH3 is 1. The molecule has 2 aromatic heterocycles. The van der Waals surface area contributed by atoms with Crippen LogP contribution in [0, 0.1) is 5.92 Å². The van der Waals surface area contributed by atoms with Crippen LogP contribution in [0.5, 0.6) is 0 Å². The molecule has 0 aliphatic carbocycles. The number of imidazole rings is 1. The maximum atomic E-state index is 5.45. The van der Waals surface area contributed by atoms with E-state index < -0.39 is 0 Å². The Balaban J connectivity index is 1.82. The maximum Gasteiger partial charge on any atom is 0.159 e. The van der Waals surface area contributed by atoms with Crippen LogP contribution in [0.4, 0.5) is 0 Å². The highest BCUT2D eigenvalue weighted by atomic mass is 16.5. The van der Waals surface area contributed by atoms with E-state index in [0.29, 0.717) is 5.92 Å². The predicted octanol–water partition coefficient (Wildman–Crippen LogP) is 2.44. The lowest BCUT2D eigenvalue weighted by Crippen LogP contribution is -2.19. The van der Waals surface area contributed by atoms with Crippen LogP contribution in [0.2, 0.25) is 0 Å². The van der Waals surface area contributed by atoms with Gasteiger partial charge in [-0.1, -0.05) is 0 Å². The zero-order chi connectivity index (χ0) is 14.5. The Labute approximate surface area is 125 Å². The minimum absolute atomic E-state index is 0.678. The topological polar surface area (TPSA) is 49.2 Å². The molecule has 0 unspecified atom stereocenters. The molecule has 1 saturated heterocycles. The lowest BCUT2D eigenvalue weighted by atomic mass is 9.96. The monoisotopic (exact) mass is 289 g/mol. The van der Waals surface area contributed by atoms with Gasteiger partial charge in [-0.2, -0.15) is 0 Å². The van der Waals surface area contributed by atoms with Gasteiger partial charge >= 0.3 is 0 Å². The van der Waals surface area contributed by atoms with E-state index in [1.54, 1.807) is 7.11 Å².